The van der Waals surface area contributed by atoms with Gasteiger partial charge in [-0.05, 0) is 61.0 Å². The second kappa shape index (κ2) is 5.05. The zero-order valence-corrected chi connectivity index (χ0v) is 11.4. The van der Waals surface area contributed by atoms with E-state index in [4.69, 9.17) is 5.73 Å². The molecule has 0 bridgehead atoms. The standard InChI is InChI=1S/C17H25N/c1-12-5-10-17(18)16(11-12)15-8-6-14(7-9-15)13-3-2-4-13/h6-9,12-13,16-17H,2-5,10-11,18H2,1H3. The molecule has 3 atom stereocenters. The molecule has 98 valence electrons. The molecule has 3 rings (SSSR count). The molecule has 3 unspecified atom stereocenters. The number of hydrogen-bond donors (Lipinski definition) is 1. The Balaban J connectivity index is 1.74. The van der Waals surface area contributed by atoms with Crippen LogP contribution in [-0.4, -0.2) is 6.04 Å². The van der Waals surface area contributed by atoms with Crippen molar-refractivity contribution in [1.29, 1.82) is 0 Å². The first kappa shape index (κ1) is 12.2. The van der Waals surface area contributed by atoms with Crippen LogP contribution in [0.2, 0.25) is 0 Å². The molecule has 0 amide bonds. The van der Waals surface area contributed by atoms with E-state index in [2.05, 4.69) is 31.2 Å². The van der Waals surface area contributed by atoms with Crippen molar-refractivity contribution in [2.75, 3.05) is 0 Å². The minimum absolute atomic E-state index is 0.371. The largest absolute Gasteiger partial charge is 0.327 e. The molecule has 1 heteroatoms. The van der Waals surface area contributed by atoms with Crippen molar-refractivity contribution in [2.45, 2.75) is 63.3 Å². The Morgan fingerprint density at radius 2 is 1.61 bits per heavy atom. The maximum absolute atomic E-state index is 6.31. The molecular formula is C17H25N. The van der Waals surface area contributed by atoms with E-state index in [1.165, 1.54) is 44.1 Å². The van der Waals surface area contributed by atoms with Crippen LogP contribution in [0.5, 0.6) is 0 Å². The van der Waals surface area contributed by atoms with Crippen LogP contribution in [0, 0.1) is 5.92 Å². The zero-order valence-electron chi connectivity index (χ0n) is 11.4. The van der Waals surface area contributed by atoms with Crippen molar-refractivity contribution in [3.63, 3.8) is 0 Å². The predicted molar refractivity (Wildman–Crippen MR) is 76.8 cm³/mol. The molecule has 2 saturated carbocycles. The Bertz CT molecular complexity index is 391. The van der Waals surface area contributed by atoms with E-state index in [1.807, 2.05) is 0 Å². The first-order valence-electron chi connectivity index (χ1n) is 7.59. The van der Waals surface area contributed by atoms with E-state index in [9.17, 15) is 0 Å². The second-order valence-electron chi connectivity index (χ2n) is 6.48. The highest BCUT2D eigenvalue weighted by molar-refractivity contribution is 5.30. The third-order valence-electron chi connectivity index (χ3n) is 5.11. The van der Waals surface area contributed by atoms with Gasteiger partial charge in [0.25, 0.3) is 0 Å². The Morgan fingerprint density at radius 1 is 0.944 bits per heavy atom. The van der Waals surface area contributed by atoms with Gasteiger partial charge in [-0.1, -0.05) is 37.6 Å². The third kappa shape index (κ3) is 2.33. The van der Waals surface area contributed by atoms with Crippen LogP contribution in [0.25, 0.3) is 0 Å². The van der Waals surface area contributed by atoms with Crippen LogP contribution in [0.1, 0.15) is 68.4 Å². The minimum Gasteiger partial charge on any atom is -0.327 e. The van der Waals surface area contributed by atoms with Gasteiger partial charge in [0.15, 0.2) is 0 Å². The number of benzene rings is 1. The Hall–Kier alpha value is -0.820. The number of rotatable bonds is 2. The fourth-order valence-corrected chi connectivity index (χ4v) is 3.54. The van der Waals surface area contributed by atoms with E-state index in [0.29, 0.717) is 12.0 Å². The Kier molecular flexibility index (Phi) is 3.43. The van der Waals surface area contributed by atoms with Gasteiger partial charge in [0.2, 0.25) is 0 Å². The number of nitrogens with two attached hydrogens (primary N) is 1. The lowest BCUT2D eigenvalue weighted by molar-refractivity contribution is 0.306. The molecule has 0 aromatic heterocycles. The fourth-order valence-electron chi connectivity index (χ4n) is 3.54. The van der Waals surface area contributed by atoms with Gasteiger partial charge in [-0.2, -0.15) is 0 Å². The van der Waals surface area contributed by atoms with Gasteiger partial charge in [-0.15, -0.1) is 0 Å². The van der Waals surface area contributed by atoms with Gasteiger partial charge >= 0.3 is 0 Å². The lowest BCUT2D eigenvalue weighted by Gasteiger charge is -2.33. The van der Waals surface area contributed by atoms with Crippen LogP contribution in [-0.2, 0) is 0 Å². The molecular weight excluding hydrogens is 218 g/mol. The fraction of sp³-hybridized carbons (Fsp3) is 0.647. The summed E-state index contributed by atoms with van der Waals surface area (Å²) < 4.78 is 0. The van der Waals surface area contributed by atoms with Crippen molar-refractivity contribution in [3.8, 4) is 0 Å². The van der Waals surface area contributed by atoms with Crippen LogP contribution in [0.3, 0.4) is 0 Å². The van der Waals surface area contributed by atoms with Gasteiger partial charge in [0.05, 0.1) is 0 Å². The summed E-state index contributed by atoms with van der Waals surface area (Å²) in [6.07, 6.45) is 7.95. The quantitative estimate of drug-likeness (QED) is 0.828. The molecule has 1 nitrogen and oxygen atoms in total. The van der Waals surface area contributed by atoms with Crippen molar-refractivity contribution in [1.82, 2.24) is 0 Å². The van der Waals surface area contributed by atoms with Gasteiger partial charge in [0, 0.05) is 6.04 Å². The van der Waals surface area contributed by atoms with E-state index in [-0.39, 0.29) is 0 Å². The summed E-state index contributed by atoms with van der Waals surface area (Å²) in [5.74, 6) is 2.27. The van der Waals surface area contributed by atoms with Crippen molar-refractivity contribution >= 4 is 0 Å². The van der Waals surface area contributed by atoms with Crippen LogP contribution in [0.4, 0.5) is 0 Å². The summed E-state index contributed by atoms with van der Waals surface area (Å²) in [4.78, 5) is 0. The predicted octanol–water partition coefficient (Wildman–Crippen LogP) is 4.19. The van der Waals surface area contributed by atoms with E-state index in [1.54, 1.807) is 5.56 Å². The molecule has 0 aliphatic heterocycles. The van der Waals surface area contributed by atoms with Gasteiger partial charge in [-0.3, -0.25) is 0 Å². The maximum Gasteiger partial charge on any atom is 0.0108 e. The highest BCUT2D eigenvalue weighted by Gasteiger charge is 2.27. The average Bonchev–Trinajstić information content (AvgIpc) is 2.31. The molecule has 0 heterocycles. The number of hydrogen-bond acceptors (Lipinski definition) is 1. The smallest absolute Gasteiger partial charge is 0.0108 e. The highest BCUT2D eigenvalue weighted by Crippen LogP contribution is 2.38. The lowest BCUT2D eigenvalue weighted by atomic mass is 9.74. The monoisotopic (exact) mass is 243 g/mol. The van der Waals surface area contributed by atoms with Crippen LogP contribution < -0.4 is 5.73 Å². The molecule has 2 aliphatic rings. The lowest BCUT2D eigenvalue weighted by Crippen LogP contribution is -2.33. The summed E-state index contributed by atoms with van der Waals surface area (Å²) in [5, 5.41) is 0. The van der Waals surface area contributed by atoms with Gasteiger partial charge in [0.1, 0.15) is 0 Å². The molecule has 2 N–H and O–H groups in total. The normalized spacial score (nSPS) is 33.1. The topological polar surface area (TPSA) is 26.0 Å². The summed E-state index contributed by atoms with van der Waals surface area (Å²) in [6.45, 7) is 2.36. The van der Waals surface area contributed by atoms with Crippen molar-refractivity contribution < 1.29 is 0 Å². The third-order valence-corrected chi connectivity index (χ3v) is 5.11. The molecule has 2 aliphatic carbocycles. The van der Waals surface area contributed by atoms with Crippen molar-refractivity contribution in [2.24, 2.45) is 11.7 Å². The first-order valence-corrected chi connectivity index (χ1v) is 7.59. The average molecular weight is 243 g/mol. The minimum atomic E-state index is 0.371. The Morgan fingerprint density at radius 3 is 2.22 bits per heavy atom. The maximum atomic E-state index is 6.31. The van der Waals surface area contributed by atoms with Crippen LogP contribution >= 0.6 is 0 Å². The van der Waals surface area contributed by atoms with Gasteiger partial charge < -0.3 is 5.73 Å². The van der Waals surface area contributed by atoms with E-state index < -0.39 is 0 Å². The Labute approximate surface area is 111 Å². The summed E-state index contributed by atoms with van der Waals surface area (Å²) in [7, 11) is 0. The van der Waals surface area contributed by atoms with E-state index >= 15 is 0 Å². The summed E-state index contributed by atoms with van der Waals surface area (Å²) >= 11 is 0. The van der Waals surface area contributed by atoms with Crippen LogP contribution in [0.15, 0.2) is 24.3 Å². The molecule has 18 heavy (non-hydrogen) atoms. The molecule has 1 aromatic rings. The highest BCUT2D eigenvalue weighted by atomic mass is 14.7. The second-order valence-corrected chi connectivity index (χ2v) is 6.48. The van der Waals surface area contributed by atoms with Gasteiger partial charge in [-0.25, -0.2) is 0 Å². The van der Waals surface area contributed by atoms with Crippen molar-refractivity contribution in [3.05, 3.63) is 35.4 Å². The first-order chi connectivity index (χ1) is 8.74. The molecule has 0 spiro atoms. The summed E-state index contributed by atoms with van der Waals surface area (Å²) in [6, 6.07) is 9.76. The molecule has 0 radical (unpaired) electrons. The molecule has 0 saturated heterocycles. The zero-order chi connectivity index (χ0) is 12.5. The molecule has 1 aromatic carbocycles. The van der Waals surface area contributed by atoms with E-state index in [0.717, 1.165) is 11.8 Å². The SMILES string of the molecule is CC1CCC(N)C(c2ccc(C3CCC3)cc2)C1. The molecule has 2 fully saturated rings. The summed E-state index contributed by atoms with van der Waals surface area (Å²) in [5.41, 5.74) is 9.32.